The number of hydrogen-bond acceptors (Lipinski definition) is 3. The Labute approximate surface area is 115 Å². The summed E-state index contributed by atoms with van der Waals surface area (Å²) >= 11 is 0. The first-order valence-corrected chi connectivity index (χ1v) is 5.85. The second kappa shape index (κ2) is 5.72. The van der Waals surface area contributed by atoms with Crippen LogP contribution in [0.3, 0.4) is 0 Å². The van der Waals surface area contributed by atoms with Gasteiger partial charge >= 0.3 is 5.97 Å². The van der Waals surface area contributed by atoms with Crippen LogP contribution >= 0.6 is 0 Å². The molecule has 20 heavy (non-hydrogen) atoms. The van der Waals surface area contributed by atoms with Crippen molar-refractivity contribution in [3.05, 3.63) is 65.2 Å². The van der Waals surface area contributed by atoms with Crippen molar-refractivity contribution < 1.29 is 15.0 Å². The van der Waals surface area contributed by atoms with Gasteiger partial charge in [-0.15, -0.1) is 0 Å². The van der Waals surface area contributed by atoms with Gasteiger partial charge in [0.2, 0.25) is 0 Å². The van der Waals surface area contributed by atoms with Gasteiger partial charge < -0.3 is 10.2 Å². The third-order valence-corrected chi connectivity index (χ3v) is 2.77. The van der Waals surface area contributed by atoms with Gasteiger partial charge in [-0.25, -0.2) is 4.79 Å². The Morgan fingerprint density at radius 1 is 1.00 bits per heavy atom. The van der Waals surface area contributed by atoms with Crippen LogP contribution in [0.2, 0.25) is 0 Å². The number of aromatic carboxylic acids is 1. The minimum Gasteiger partial charge on any atom is -0.508 e. The van der Waals surface area contributed by atoms with E-state index < -0.39 is 5.97 Å². The molecule has 0 aliphatic carbocycles. The van der Waals surface area contributed by atoms with Gasteiger partial charge in [-0.3, -0.25) is 0 Å². The molecule has 0 unspecified atom stereocenters. The predicted molar refractivity (Wildman–Crippen MR) is 75.0 cm³/mol. The van der Waals surface area contributed by atoms with Crippen molar-refractivity contribution >= 4 is 17.6 Å². The highest BCUT2D eigenvalue weighted by Crippen LogP contribution is 2.20. The molecule has 2 aromatic rings. The molecule has 2 rings (SSSR count). The number of carboxylic acids is 1. The van der Waals surface area contributed by atoms with Gasteiger partial charge in [-0.1, -0.05) is 12.1 Å². The first kappa shape index (κ1) is 13.4. The molecule has 0 aliphatic rings. The normalized spacial score (nSPS) is 10.8. The van der Waals surface area contributed by atoms with Crippen molar-refractivity contribution in [1.29, 1.82) is 5.26 Å². The van der Waals surface area contributed by atoms with Crippen LogP contribution in [0.15, 0.2) is 48.5 Å². The van der Waals surface area contributed by atoms with Gasteiger partial charge in [0.1, 0.15) is 5.75 Å². The van der Waals surface area contributed by atoms with Gasteiger partial charge in [0.15, 0.2) is 0 Å². The van der Waals surface area contributed by atoms with E-state index in [1.807, 2.05) is 0 Å². The van der Waals surface area contributed by atoms with E-state index in [9.17, 15) is 15.2 Å². The van der Waals surface area contributed by atoms with Gasteiger partial charge in [-0.2, -0.15) is 5.26 Å². The van der Waals surface area contributed by atoms with E-state index in [-0.39, 0.29) is 11.3 Å². The smallest absolute Gasteiger partial charge is 0.335 e. The standard InChI is InChI=1S/C16H11NO3/c17-10-14(12-5-7-15(18)8-6-12)9-11-1-3-13(4-2-11)16(19)20/h1-9,18H,(H,19,20). The number of hydrogen-bond donors (Lipinski definition) is 2. The summed E-state index contributed by atoms with van der Waals surface area (Å²) in [7, 11) is 0. The zero-order valence-electron chi connectivity index (χ0n) is 10.4. The van der Waals surface area contributed by atoms with Crippen molar-refractivity contribution in [3.8, 4) is 11.8 Å². The summed E-state index contributed by atoms with van der Waals surface area (Å²) in [4.78, 5) is 10.8. The summed E-state index contributed by atoms with van der Waals surface area (Å²) in [6.45, 7) is 0. The van der Waals surface area contributed by atoms with Crippen LogP contribution in [0.4, 0.5) is 0 Å². The number of allylic oxidation sites excluding steroid dienone is 1. The molecule has 0 saturated carbocycles. The van der Waals surface area contributed by atoms with Crippen molar-refractivity contribution in [2.75, 3.05) is 0 Å². The SMILES string of the molecule is N#CC(=Cc1ccc(C(=O)O)cc1)c1ccc(O)cc1. The second-order valence-corrected chi connectivity index (χ2v) is 4.14. The predicted octanol–water partition coefficient (Wildman–Crippen LogP) is 3.15. The Morgan fingerprint density at radius 2 is 1.55 bits per heavy atom. The Kier molecular flexibility index (Phi) is 3.82. The zero-order valence-corrected chi connectivity index (χ0v) is 10.4. The molecular formula is C16H11NO3. The molecule has 4 nitrogen and oxygen atoms in total. The van der Waals surface area contributed by atoms with Crippen LogP contribution in [-0.2, 0) is 0 Å². The molecular weight excluding hydrogens is 254 g/mol. The first-order chi connectivity index (χ1) is 9.60. The molecule has 0 spiro atoms. The van der Waals surface area contributed by atoms with E-state index in [1.165, 1.54) is 24.3 Å². The lowest BCUT2D eigenvalue weighted by Gasteiger charge is -2.01. The van der Waals surface area contributed by atoms with Crippen LogP contribution in [0.25, 0.3) is 11.6 Å². The quantitative estimate of drug-likeness (QED) is 0.659. The minimum absolute atomic E-state index is 0.136. The molecule has 0 fully saturated rings. The molecule has 2 aromatic carbocycles. The Bertz CT molecular complexity index is 692. The lowest BCUT2D eigenvalue weighted by Crippen LogP contribution is -1.94. The van der Waals surface area contributed by atoms with Crippen molar-refractivity contribution in [2.45, 2.75) is 0 Å². The van der Waals surface area contributed by atoms with E-state index >= 15 is 0 Å². The van der Waals surface area contributed by atoms with E-state index in [0.29, 0.717) is 11.1 Å². The van der Waals surface area contributed by atoms with Gasteiger partial charge in [0.25, 0.3) is 0 Å². The number of nitriles is 1. The van der Waals surface area contributed by atoms with E-state index in [1.54, 1.807) is 30.3 Å². The van der Waals surface area contributed by atoms with Crippen molar-refractivity contribution in [1.82, 2.24) is 0 Å². The molecule has 0 saturated heterocycles. The average Bonchev–Trinajstić information content (AvgIpc) is 2.46. The summed E-state index contributed by atoms with van der Waals surface area (Å²) in [6, 6.07) is 14.7. The number of phenolic OH excluding ortho intramolecular Hbond substituents is 1. The molecule has 4 heteroatoms. The molecule has 2 N–H and O–H groups in total. The van der Waals surface area contributed by atoms with Crippen molar-refractivity contribution in [3.63, 3.8) is 0 Å². The maximum atomic E-state index is 10.8. The fourth-order valence-corrected chi connectivity index (χ4v) is 1.71. The maximum absolute atomic E-state index is 10.8. The molecule has 0 atom stereocenters. The third-order valence-electron chi connectivity index (χ3n) is 2.77. The number of nitrogens with zero attached hydrogens (tertiary/aromatic N) is 1. The first-order valence-electron chi connectivity index (χ1n) is 5.85. The van der Waals surface area contributed by atoms with Crippen molar-refractivity contribution in [2.24, 2.45) is 0 Å². The maximum Gasteiger partial charge on any atom is 0.335 e. The number of carboxylic acid groups (broad SMARTS) is 1. The number of benzene rings is 2. The van der Waals surface area contributed by atoms with Crippen LogP contribution in [0.5, 0.6) is 5.75 Å². The zero-order chi connectivity index (χ0) is 14.5. The molecule has 0 amide bonds. The molecule has 0 radical (unpaired) electrons. The Balaban J connectivity index is 2.34. The summed E-state index contributed by atoms with van der Waals surface area (Å²) in [5, 5.41) is 27.2. The summed E-state index contributed by atoms with van der Waals surface area (Å²) in [6.07, 6.45) is 1.66. The van der Waals surface area contributed by atoms with Crippen LogP contribution < -0.4 is 0 Å². The van der Waals surface area contributed by atoms with E-state index in [4.69, 9.17) is 5.11 Å². The molecule has 98 valence electrons. The lowest BCUT2D eigenvalue weighted by molar-refractivity contribution is 0.0697. The van der Waals surface area contributed by atoms with Crippen LogP contribution in [0.1, 0.15) is 21.5 Å². The van der Waals surface area contributed by atoms with Gasteiger partial charge in [0, 0.05) is 0 Å². The number of aromatic hydroxyl groups is 1. The summed E-state index contributed by atoms with van der Waals surface area (Å²) in [5.74, 6) is -0.851. The lowest BCUT2D eigenvalue weighted by atomic mass is 10.0. The van der Waals surface area contributed by atoms with Crippen LogP contribution in [0, 0.1) is 11.3 Å². The molecule has 0 heterocycles. The highest BCUT2D eigenvalue weighted by Gasteiger charge is 2.03. The Morgan fingerprint density at radius 3 is 2.05 bits per heavy atom. The number of carbonyl (C=O) groups is 1. The molecule has 0 aliphatic heterocycles. The van der Waals surface area contributed by atoms with E-state index in [0.717, 1.165) is 5.56 Å². The largest absolute Gasteiger partial charge is 0.508 e. The van der Waals surface area contributed by atoms with E-state index in [2.05, 4.69) is 6.07 Å². The number of rotatable bonds is 3. The van der Waals surface area contributed by atoms with Gasteiger partial charge in [-0.05, 0) is 53.6 Å². The monoisotopic (exact) mass is 265 g/mol. The summed E-state index contributed by atoms with van der Waals surface area (Å²) < 4.78 is 0. The highest BCUT2D eigenvalue weighted by atomic mass is 16.4. The topological polar surface area (TPSA) is 81.3 Å². The number of phenols is 1. The average molecular weight is 265 g/mol. The Hall–Kier alpha value is -3.06. The minimum atomic E-state index is -0.987. The van der Waals surface area contributed by atoms with Gasteiger partial charge in [0.05, 0.1) is 17.2 Å². The summed E-state index contributed by atoms with van der Waals surface area (Å²) in [5.41, 5.74) is 2.06. The molecule has 0 bridgehead atoms. The van der Waals surface area contributed by atoms with Crippen LogP contribution in [-0.4, -0.2) is 16.2 Å². The fourth-order valence-electron chi connectivity index (χ4n) is 1.71. The fraction of sp³-hybridized carbons (Fsp3) is 0. The highest BCUT2D eigenvalue weighted by molar-refractivity contribution is 5.91. The third kappa shape index (κ3) is 3.03. The molecule has 0 aromatic heterocycles. The second-order valence-electron chi connectivity index (χ2n) is 4.14.